The van der Waals surface area contributed by atoms with Crippen LogP contribution in [0, 0.1) is 32.8 Å². The van der Waals surface area contributed by atoms with E-state index < -0.39 is 0 Å². The van der Waals surface area contributed by atoms with Crippen molar-refractivity contribution >= 4 is 35.2 Å². The number of benzene rings is 3. The van der Waals surface area contributed by atoms with E-state index >= 15 is 0 Å². The molecule has 0 saturated carbocycles. The first kappa shape index (κ1) is 26.5. The molecule has 0 amide bonds. The Morgan fingerprint density at radius 2 is 1.57 bits per heavy atom. The monoisotopic (exact) mass is 660 g/mol. The molecule has 0 spiro atoms. The number of pyridine rings is 1. The second kappa shape index (κ2) is 12.1. The van der Waals surface area contributed by atoms with E-state index in [2.05, 4.69) is 120 Å². The average molecular weight is 660 g/mol. The van der Waals surface area contributed by atoms with E-state index in [1.165, 1.54) is 28.0 Å². The number of hydrogen-bond donors (Lipinski definition) is 0. The Hall–Kier alpha value is -3.60. The molecule has 6 heteroatoms. The SMILES string of the molecule is CN1[CH-]N(c2[c-]cccc2)c2ccccc21.Cc1cccc(C)c1B1C=CC=[C-]N1c1ccccn1.[Ir+3]. The van der Waals surface area contributed by atoms with Crippen molar-refractivity contribution in [3.8, 4) is 0 Å². The maximum absolute atomic E-state index is 4.45. The third kappa shape index (κ3) is 5.71. The predicted octanol–water partition coefficient (Wildman–Crippen LogP) is 6.02. The molecule has 0 fully saturated rings. The Morgan fingerprint density at radius 1 is 0.838 bits per heavy atom. The van der Waals surface area contributed by atoms with Gasteiger partial charge in [-0.25, -0.2) is 0 Å². The minimum Gasteiger partial charge on any atom is -0.504 e. The molecule has 0 saturated heterocycles. The molecular formula is C31H28BIrN4. The van der Waals surface area contributed by atoms with Crippen LogP contribution in [0.5, 0.6) is 0 Å². The summed E-state index contributed by atoms with van der Waals surface area (Å²) >= 11 is 0. The first-order chi connectivity index (χ1) is 17.6. The first-order valence-corrected chi connectivity index (χ1v) is 12.1. The summed E-state index contributed by atoms with van der Waals surface area (Å²) in [6, 6.07) is 32.0. The van der Waals surface area contributed by atoms with Gasteiger partial charge in [0.2, 0.25) is 0 Å². The fourth-order valence-corrected chi connectivity index (χ4v) is 4.66. The summed E-state index contributed by atoms with van der Waals surface area (Å²) in [6.07, 6.45) is 9.09. The molecule has 0 aliphatic carbocycles. The van der Waals surface area contributed by atoms with Crippen molar-refractivity contribution < 1.29 is 20.1 Å². The summed E-state index contributed by atoms with van der Waals surface area (Å²) in [4.78, 5) is 10.8. The van der Waals surface area contributed by atoms with Crippen molar-refractivity contribution in [2.45, 2.75) is 13.8 Å². The Bertz CT molecular complexity index is 1350. The van der Waals surface area contributed by atoms with Crippen LogP contribution in [0.2, 0.25) is 0 Å². The molecule has 6 rings (SSSR count). The Labute approximate surface area is 234 Å². The molecule has 4 nitrogen and oxygen atoms in total. The van der Waals surface area contributed by atoms with Gasteiger partial charge in [0, 0.05) is 23.4 Å². The number of allylic oxidation sites excluding steroid dienone is 2. The molecule has 0 unspecified atom stereocenters. The summed E-state index contributed by atoms with van der Waals surface area (Å²) in [5.74, 6) is 3.11. The molecule has 184 valence electrons. The summed E-state index contributed by atoms with van der Waals surface area (Å²) in [7, 11) is 2.06. The van der Waals surface area contributed by atoms with Gasteiger partial charge in [-0.15, -0.1) is 17.9 Å². The number of para-hydroxylation sites is 3. The van der Waals surface area contributed by atoms with E-state index in [9.17, 15) is 0 Å². The largest absolute Gasteiger partial charge is 3.00 e. The molecule has 0 N–H and O–H groups in total. The Balaban J connectivity index is 0.000000172. The van der Waals surface area contributed by atoms with Gasteiger partial charge in [-0.2, -0.15) is 49.2 Å². The van der Waals surface area contributed by atoms with Gasteiger partial charge in [0.15, 0.2) is 0 Å². The number of fused-ring (bicyclic) bond motifs is 1. The Morgan fingerprint density at radius 3 is 2.27 bits per heavy atom. The zero-order valence-electron chi connectivity index (χ0n) is 21.2. The van der Waals surface area contributed by atoms with Crippen LogP contribution in [0.4, 0.5) is 22.9 Å². The van der Waals surface area contributed by atoms with Crippen molar-refractivity contribution in [1.29, 1.82) is 0 Å². The van der Waals surface area contributed by atoms with E-state index in [1.54, 1.807) is 0 Å². The Kier molecular flexibility index (Phi) is 8.65. The van der Waals surface area contributed by atoms with Crippen molar-refractivity contribution in [3.05, 3.63) is 139 Å². The zero-order valence-corrected chi connectivity index (χ0v) is 23.6. The third-order valence-corrected chi connectivity index (χ3v) is 6.38. The van der Waals surface area contributed by atoms with Gasteiger partial charge in [0.25, 0.3) is 6.85 Å². The van der Waals surface area contributed by atoms with Crippen LogP contribution in [0.15, 0.2) is 109 Å². The smallest absolute Gasteiger partial charge is 0.504 e. The van der Waals surface area contributed by atoms with Gasteiger partial charge >= 0.3 is 20.1 Å². The van der Waals surface area contributed by atoms with Gasteiger partial charge in [-0.3, -0.25) is 0 Å². The van der Waals surface area contributed by atoms with Crippen LogP contribution >= 0.6 is 0 Å². The maximum atomic E-state index is 4.45. The number of nitrogens with zero attached hydrogens (tertiary/aromatic N) is 4. The molecule has 3 aromatic carbocycles. The predicted molar refractivity (Wildman–Crippen MR) is 152 cm³/mol. The van der Waals surface area contributed by atoms with Crippen LogP contribution < -0.4 is 20.1 Å². The molecule has 0 radical (unpaired) electrons. The van der Waals surface area contributed by atoms with E-state index in [1.807, 2.05) is 48.7 Å². The number of hydrogen-bond acceptors (Lipinski definition) is 4. The van der Waals surface area contributed by atoms with E-state index in [0.717, 1.165) is 11.5 Å². The molecule has 0 bridgehead atoms. The van der Waals surface area contributed by atoms with Crippen molar-refractivity contribution in [2.24, 2.45) is 0 Å². The number of aryl methyl sites for hydroxylation is 2. The van der Waals surface area contributed by atoms with Gasteiger partial charge in [-0.1, -0.05) is 53.6 Å². The number of aromatic nitrogens is 1. The second-order valence-electron chi connectivity index (χ2n) is 8.82. The topological polar surface area (TPSA) is 22.6 Å². The standard InChI is InChI=1S/C17H16BN2.C14H12N2.Ir/c1-14-8-7-9-15(2)17(14)18-11-4-6-13-20(18)16-10-3-5-12-19-16;1-15-11-16(12-7-3-2-4-8-12)14-10-6-5-9-13(14)15;/h3-12H,1-2H3;2-7,9-11H,1H3;/q-1;-2;+3. The zero-order chi connectivity index (χ0) is 24.9. The molecule has 2 aliphatic rings. The van der Waals surface area contributed by atoms with Gasteiger partial charge in [0.05, 0.1) is 0 Å². The van der Waals surface area contributed by atoms with Crippen LogP contribution in [-0.4, -0.2) is 18.9 Å². The van der Waals surface area contributed by atoms with Crippen LogP contribution in [0.25, 0.3) is 0 Å². The number of anilines is 4. The minimum atomic E-state index is 0. The quantitative estimate of drug-likeness (QED) is 0.198. The average Bonchev–Trinajstić information content (AvgIpc) is 3.27. The minimum absolute atomic E-state index is 0. The fraction of sp³-hybridized carbons (Fsp3) is 0.0968. The first-order valence-electron chi connectivity index (χ1n) is 12.1. The third-order valence-electron chi connectivity index (χ3n) is 6.38. The van der Waals surface area contributed by atoms with Crippen molar-refractivity contribution in [2.75, 3.05) is 21.7 Å². The summed E-state index contributed by atoms with van der Waals surface area (Å²) in [5.41, 5.74) is 7.41. The van der Waals surface area contributed by atoms with Crippen molar-refractivity contribution in [1.82, 2.24) is 4.98 Å². The molecule has 1 aromatic heterocycles. The summed E-state index contributed by atoms with van der Waals surface area (Å²) in [6.45, 7) is 6.54. The number of rotatable bonds is 3. The molecule has 0 atom stereocenters. The molecule has 37 heavy (non-hydrogen) atoms. The van der Waals surface area contributed by atoms with Crippen LogP contribution in [0.1, 0.15) is 11.1 Å². The van der Waals surface area contributed by atoms with Crippen LogP contribution in [0.3, 0.4) is 0 Å². The second-order valence-corrected chi connectivity index (χ2v) is 8.82. The summed E-state index contributed by atoms with van der Waals surface area (Å²) < 4.78 is 0. The van der Waals surface area contributed by atoms with E-state index in [4.69, 9.17) is 0 Å². The van der Waals surface area contributed by atoms with Gasteiger partial charge in [0.1, 0.15) is 0 Å². The summed E-state index contributed by atoms with van der Waals surface area (Å²) in [5, 5.41) is 0. The van der Waals surface area contributed by atoms with Crippen molar-refractivity contribution in [3.63, 3.8) is 0 Å². The maximum Gasteiger partial charge on any atom is 3.00 e. The van der Waals surface area contributed by atoms with Gasteiger partial charge < -0.3 is 19.6 Å². The normalized spacial score (nSPS) is 13.6. The fourth-order valence-electron chi connectivity index (χ4n) is 4.66. The van der Waals surface area contributed by atoms with Crippen LogP contribution in [-0.2, 0) is 20.1 Å². The molecule has 2 aliphatic heterocycles. The molecule has 3 heterocycles. The van der Waals surface area contributed by atoms with E-state index in [0.29, 0.717) is 0 Å². The molecular weight excluding hydrogens is 631 g/mol. The van der Waals surface area contributed by atoms with E-state index in [-0.39, 0.29) is 27.0 Å². The molecule has 4 aromatic rings. The van der Waals surface area contributed by atoms with Gasteiger partial charge in [-0.05, 0) is 44.6 Å².